The van der Waals surface area contributed by atoms with Crippen LogP contribution >= 0.6 is 0 Å². The summed E-state index contributed by atoms with van der Waals surface area (Å²) in [5, 5.41) is 12.1. The number of hydrogen-bond acceptors (Lipinski definition) is 5. The maximum Gasteiger partial charge on any atom is 0.229 e. The third-order valence-corrected chi connectivity index (χ3v) is 4.31. The van der Waals surface area contributed by atoms with Gasteiger partial charge in [0.2, 0.25) is 11.8 Å². The van der Waals surface area contributed by atoms with E-state index in [1.54, 1.807) is 42.3 Å². The first kappa shape index (κ1) is 17.6. The molecule has 7 heteroatoms. The highest BCUT2D eigenvalue weighted by atomic mass is 16.5. The van der Waals surface area contributed by atoms with Crippen molar-refractivity contribution in [2.24, 2.45) is 5.92 Å². The number of carbonyl (C=O) groups excluding carboxylic acids is 2. The van der Waals surface area contributed by atoms with Gasteiger partial charge in [0.1, 0.15) is 17.2 Å². The van der Waals surface area contributed by atoms with Gasteiger partial charge in [0.15, 0.2) is 0 Å². The lowest BCUT2D eigenvalue weighted by Gasteiger charge is -2.20. The van der Waals surface area contributed by atoms with Crippen molar-refractivity contribution in [2.45, 2.75) is 6.42 Å². The summed E-state index contributed by atoms with van der Waals surface area (Å²) < 4.78 is 10.6. The molecule has 0 unspecified atom stereocenters. The summed E-state index contributed by atoms with van der Waals surface area (Å²) in [5.41, 5.74) is 1.15. The lowest BCUT2D eigenvalue weighted by molar-refractivity contribution is -0.122. The zero-order chi connectivity index (χ0) is 18.7. The number of rotatable bonds is 5. The number of phenols is 1. The third-order valence-electron chi connectivity index (χ3n) is 4.31. The molecule has 3 rings (SSSR count). The van der Waals surface area contributed by atoms with Crippen molar-refractivity contribution in [3.63, 3.8) is 0 Å². The molecule has 0 saturated carbocycles. The third kappa shape index (κ3) is 3.56. The summed E-state index contributed by atoms with van der Waals surface area (Å²) >= 11 is 0. The van der Waals surface area contributed by atoms with Crippen LogP contribution in [0.2, 0.25) is 0 Å². The van der Waals surface area contributed by atoms with E-state index < -0.39 is 5.92 Å². The van der Waals surface area contributed by atoms with Crippen LogP contribution in [0.4, 0.5) is 11.4 Å². The number of carbonyl (C=O) groups is 2. The minimum Gasteiger partial charge on any atom is -0.508 e. The van der Waals surface area contributed by atoms with Crippen LogP contribution in [0.1, 0.15) is 6.42 Å². The Morgan fingerprint density at radius 2 is 1.88 bits per heavy atom. The van der Waals surface area contributed by atoms with Gasteiger partial charge in [0, 0.05) is 24.7 Å². The van der Waals surface area contributed by atoms with Gasteiger partial charge in [-0.25, -0.2) is 0 Å². The largest absolute Gasteiger partial charge is 0.508 e. The molecular formula is C19H20N2O5. The van der Waals surface area contributed by atoms with Crippen molar-refractivity contribution in [1.82, 2.24) is 0 Å². The van der Waals surface area contributed by atoms with Gasteiger partial charge >= 0.3 is 0 Å². The summed E-state index contributed by atoms with van der Waals surface area (Å²) in [7, 11) is 3.08. The fraction of sp³-hybridized carbons (Fsp3) is 0.263. The van der Waals surface area contributed by atoms with Crippen molar-refractivity contribution < 1.29 is 24.2 Å². The second-order valence-corrected chi connectivity index (χ2v) is 5.98. The lowest BCUT2D eigenvalue weighted by Crippen LogP contribution is -2.28. The SMILES string of the molecule is COc1ccc(OC)c(N2C[C@H](C(=O)Nc3ccc(O)cc3)CC2=O)c1. The Labute approximate surface area is 151 Å². The van der Waals surface area contributed by atoms with Gasteiger partial charge in [0.25, 0.3) is 0 Å². The van der Waals surface area contributed by atoms with Gasteiger partial charge in [-0.15, -0.1) is 0 Å². The van der Waals surface area contributed by atoms with Crippen LogP contribution in [0, 0.1) is 5.92 Å². The van der Waals surface area contributed by atoms with Crippen LogP contribution in [-0.4, -0.2) is 37.7 Å². The molecule has 0 aliphatic carbocycles. The Morgan fingerprint density at radius 3 is 2.54 bits per heavy atom. The highest BCUT2D eigenvalue weighted by Crippen LogP contribution is 2.36. The number of aromatic hydroxyl groups is 1. The average molecular weight is 356 g/mol. The fourth-order valence-electron chi connectivity index (χ4n) is 2.91. The minimum atomic E-state index is -0.479. The Kier molecular flexibility index (Phi) is 4.97. The first-order valence-corrected chi connectivity index (χ1v) is 8.14. The number of anilines is 2. The second-order valence-electron chi connectivity index (χ2n) is 5.98. The number of benzene rings is 2. The van der Waals surface area contributed by atoms with E-state index >= 15 is 0 Å². The molecule has 1 saturated heterocycles. The van der Waals surface area contributed by atoms with Gasteiger partial charge in [-0.2, -0.15) is 0 Å². The normalized spacial score (nSPS) is 16.5. The molecule has 1 atom stereocenters. The zero-order valence-corrected chi connectivity index (χ0v) is 14.6. The zero-order valence-electron chi connectivity index (χ0n) is 14.6. The van der Waals surface area contributed by atoms with Crippen molar-refractivity contribution in [3.05, 3.63) is 42.5 Å². The standard InChI is InChI=1S/C19H20N2O5/c1-25-15-7-8-17(26-2)16(10-15)21-11-12(9-18(21)23)19(24)20-13-3-5-14(22)6-4-13/h3-8,10,12,22H,9,11H2,1-2H3,(H,20,24)/t12-/m1/s1. The van der Waals surface area contributed by atoms with Crippen LogP contribution in [0.25, 0.3) is 0 Å². The van der Waals surface area contributed by atoms with Gasteiger partial charge in [-0.05, 0) is 36.4 Å². The molecule has 2 N–H and O–H groups in total. The molecule has 7 nitrogen and oxygen atoms in total. The highest BCUT2D eigenvalue weighted by molar-refractivity contribution is 6.04. The predicted octanol–water partition coefficient (Wildman–Crippen LogP) is 2.40. The van der Waals surface area contributed by atoms with Gasteiger partial charge in [-0.1, -0.05) is 0 Å². The molecule has 1 aliphatic rings. The van der Waals surface area contributed by atoms with Crippen LogP contribution in [-0.2, 0) is 9.59 Å². The number of amides is 2. The second kappa shape index (κ2) is 7.35. The summed E-state index contributed by atoms with van der Waals surface area (Å²) in [6.07, 6.45) is 0.115. The van der Waals surface area contributed by atoms with Crippen LogP contribution < -0.4 is 19.7 Å². The van der Waals surface area contributed by atoms with Crippen LogP contribution in [0.5, 0.6) is 17.2 Å². The summed E-state index contributed by atoms with van der Waals surface area (Å²) in [6, 6.07) is 11.4. The van der Waals surface area contributed by atoms with Crippen molar-refractivity contribution in [3.8, 4) is 17.2 Å². The van der Waals surface area contributed by atoms with E-state index in [0.29, 0.717) is 22.9 Å². The number of nitrogens with zero attached hydrogens (tertiary/aromatic N) is 1. The Bertz CT molecular complexity index is 819. The van der Waals surface area contributed by atoms with Crippen LogP contribution in [0.15, 0.2) is 42.5 Å². The van der Waals surface area contributed by atoms with E-state index in [4.69, 9.17) is 9.47 Å². The first-order chi connectivity index (χ1) is 12.5. The number of hydrogen-bond donors (Lipinski definition) is 2. The topological polar surface area (TPSA) is 88.1 Å². The van der Waals surface area contributed by atoms with E-state index in [1.165, 1.54) is 19.2 Å². The molecule has 1 aliphatic heterocycles. The number of methoxy groups -OCH3 is 2. The van der Waals surface area contributed by atoms with E-state index in [1.807, 2.05) is 0 Å². The molecule has 0 aromatic heterocycles. The maximum absolute atomic E-state index is 12.5. The quantitative estimate of drug-likeness (QED) is 0.803. The Balaban J connectivity index is 1.76. The molecule has 136 valence electrons. The molecular weight excluding hydrogens is 336 g/mol. The van der Waals surface area contributed by atoms with Crippen LogP contribution in [0.3, 0.4) is 0 Å². The summed E-state index contributed by atoms with van der Waals surface area (Å²) in [5.74, 6) is 0.391. The van der Waals surface area contributed by atoms with E-state index in [0.717, 1.165) is 0 Å². The van der Waals surface area contributed by atoms with Crippen molar-refractivity contribution in [2.75, 3.05) is 31.0 Å². The molecule has 2 aromatic carbocycles. The molecule has 26 heavy (non-hydrogen) atoms. The van der Waals surface area contributed by atoms with Crippen molar-refractivity contribution in [1.29, 1.82) is 0 Å². The minimum absolute atomic E-state index is 0.115. The molecule has 0 bridgehead atoms. The maximum atomic E-state index is 12.5. The average Bonchev–Trinajstić information content (AvgIpc) is 3.04. The van der Waals surface area contributed by atoms with Crippen molar-refractivity contribution >= 4 is 23.2 Å². The van der Waals surface area contributed by atoms with Gasteiger partial charge < -0.3 is 24.8 Å². The molecule has 2 amide bonds. The molecule has 1 fully saturated rings. The summed E-state index contributed by atoms with van der Waals surface area (Å²) in [6.45, 7) is 0.256. The van der Waals surface area contributed by atoms with Gasteiger partial charge in [0.05, 0.1) is 25.8 Å². The summed E-state index contributed by atoms with van der Waals surface area (Å²) in [4.78, 5) is 26.5. The predicted molar refractivity (Wildman–Crippen MR) is 96.7 cm³/mol. The number of nitrogens with one attached hydrogen (secondary N) is 1. The molecule has 0 spiro atoms. The Morgan fingerprint density at radius 1 is 1.15 bits per heavy atom. The number of phenolic OH excluding ortho intramolecular Hbond substituents is 1. The lowest BCUT2D eigenvalue weighted by atomic mass is 10.1. The first-order valence-electron chi connectivity index (χ1n) is 8.14. The van der Waals surface area contributed by atoms with E-state index in [2.05, 4.69) is 5.32 Å². The number of ether oxygens (including phenoxy) is 2. The molecule has 0 radical (unpaired) electrons. The molecule has 1 heterocycles. The fourth-order valence-corrected chi connectivity index (χ4v) is 2.91. The van der Waals surface area contributed by atoms with Gasteiger partial charge in [-0.3, -0.25) is 9.59 Å². The molecule has 2 aromatic rings. The monoisotopic (exact) mass is 356 g/mol. The highest BCUT2D eigenvalue weighted by Gasteiger charge is 2.36. The van der Waals surface area contributed by atoms with E-state index in [9.17, 15) is 14.7 Å². The smallest absolute Gasteiger partial charge is 0.229 e. The van der Waals surface area contributed by atoms with E-state index in [-0.39, 0.29) is 30.5 Å². The Hall–Kier alpha value is -3.22.